The van der Waals surface area contributed by atoms with Crippen molar-refractivity contribution in [3.05, 3.63) is 0 Å². The number of phosphoric acid groups is 2. The first-order chi connectivity index (χ1) is 41.0. The van der Waals surface area contributed by atoms with Crippen molar-refractivity contribution in [2.24, 2.45) is 5.92 Å². The molecule has 2 unspecified atom stereocenters. The van der Waals surface area contributed by atoms with Gasteiger partial charge < -0.3 is 33.8 Å². The van der Waals surface area contributed by atoms with E-state index in [1.165, 1.54) is 154 Å². The second-order valence-corrected chi connectivity index (χ2v) is 27.2. The summed E-state index contributed by atoms with van der Waals surface area (Å²) in [6.45, 7) is 7.10. The smallest absolute Gasteiger partial charge is 0.462 e. The summed E-state index contributed by atoms with van der Waals surface area (Å²) in [5, 5.41) is 10.5. The van der Waals surface area contributed by atoms with Crippen LogP contribution in [-0.4, -0.2) is 96.7 Å². The van der Waals surface area contributed by atoms with E-state index in [2.05, 4.69) is 34.6 Å². The quantitative estimate of drug-likeness (QED) is 0.0222. The van der Waals surface area contributed by atoms with Crippen molar-refractivity contribution in [2.45, 2.75) is 355 Å². The molecule has 0 aliphatic carbocycles. The molecule has 3 N–H and O–H groups in total. The number of aliphatic hydroxyl groups excluding tert-OH is 1. The molecule has 504 valence electrons. The third kappa shape index (κ3) is 60.7. The summed E-state index contributed by atoms with van der Waals surface area (Å²) in [6.07, 6.45) is 44.6. The monoisotopic (exact) mass is 1250 g/mol. The van der Waals surface area contributed by atoms with Gasteiger partial charge in [-0.2, -0.15) is 0 Å². The molecule has 85 heavy (non-hydrogen) atoms. The fraction of sp³-hybridized carbons (Fsp3) is 0.939. The lowest BCUT2D eigenvalue weighted by atomic mass is 10.0. The van der Waals surface area contributed by atoms with E-state index < -0.39 is 97.5 Å². The summed E-state index contributed by atoms with van der Waals surface area (Å²) in [5.41, 5.74) is 0. The molecule has 0 aliphatic heterocycles. The number of phosphoric ester groups is 2. The molecule has 17 nitrogen and oxygen atoms in total. The number of hydrogen-bond acceptors (Lipinski definition) is 15. The third-order valence-electron chi connectivity index (χ3n) is 15.3. The largest absolute Gasteiger partial charge is 0.472 e. The molecule has 5 atom stereocenters. The average Bonchev–Trinajstić information content (AvgIpc) is 3.56. The van der Waals surface area contributed by atoms with Gasteiger partial charge in [-0.1, -0.05) is 285 Å². The number of carbonyl (C=O) groups excluding carboxylic acids is 4. The Morgan fingerprint density at radius 2 is 0.541 bits per heavy atom. The maximum Gasteiger partial charge on any atom is 0.472 e. The number of aliphatic hydroxyl groups is 1. The number of unbranched alkanes of at least 4 members (excludes halogenated alkanes) is 38. The SMILES string of the molecule is CCCCCCCCCCCCCCCCC(=O)OC[C@H](COP(=O)(O)OC[C@@H](O)COP(=O)(O)OC[C@@H](COC(=O)CCCCCCCCCC)OC(=O)CCCCCCCCC(C)C)OC(=O)CCCCCCCCCCCCCCCC. The zero-order valence-electron chi connectivity index (χ0n) is 54.7. The van der Waals surface area contributed by atoms with Gasteiger partial charge in [0.2, 0.25) is 0 Å². The lowest BCUT2D eigenvalue weighted by Gasteiger charge is -2.21. The van der Waals surface area contributed by atoms with Gasteiger partial charge in [-0.05, 0) is 31.6 Å². The topological polar surface area (TPSA) is 237 Å². The Balaban J connectivity index is 5.21. The van der Waals surface area contributed by atoms with Crippen LogP contribution in [0.5, 0.6) is 0 Å². The van der Waals surface area contributed by atoms with Crippen molar-refractivity contribution in [3.8, 4) is 0 Å². The van der Waals surface area contributed by atoms with E-state index in [0.717, 1.165) is 96.3 Å². The van der Waals surface area contributed by atoms with Gasteiger partial charge in [0.25, 0.3) is 0 Å². The predicted molar refractivity (Wildman–Crippen MR) is 340 cm³/mol. The van der Waals surface area contributed by atoms with Crippen LogP contribution in [0.15, 0.2) is 0 Å². The van der Waals surface area contributed by atoms with Gasteiger partial charge in [-0.25, -0.2) is 9.13 Å². The van der Waals surface area contributed by atoms with E-state index in [4.69, 9.17) is 37.0 Å². The molecule has 19 heteroatoms. The van der Waals surface area contributed by atoms with E-state index in [1.807, 2.05) is 0 Å². The lowest BCUT2D eigenvalue weighted by molar-refractivity contribution is -0.161. The second-order valence-electron chi connectivity index (χ2n) is 24.3. The Labute approximate surface area is 517 Å². The average molecular weight is 1260 g/mol. The van der Waals surface area contributed by atoms with Gasteiger partial charge in [-0.15, -0.1) is 0 Å². The molecule has 0 aromatic heterocycles. The van der Waals surface area contributed by atoms with Gasteiger partial charge in [-0.3, -0.25) is 37.3 Å². The molecular formula is C66H128O17P2. The summed E-state index contributed by atoms with van der Waals surface area (Å²) in [7, 11) is -9.89. The summed E-state index contributed by atoms with van der Waals surface area (Å²) in [4.78, 5) is 72.2. The van der Waals surface area contributed by atoms with Crippen molar-refractivity contribution in [3.63, 3.8) is 0 Å². The zero-order valence-corrected chi connectivity index (χ0v) is 56.5. The Bertz CT molecular complexity index is 1650. The Morgan fingerprint density at radius 1 is 0.318 bits per heavy atom. The molecule has 0 aromatic rings. The van der Waals surface area contributed by atoms with Crippen LogP contribution in [0.2, 0.25) is 0 Å². The van der Waals surface area contributed by atoms with Crippen molar-refractivity contribution < 1.29 is 80.2 Å². The molecule has 0 spiro atoms. The number of esters is 4. The van der Waals surface area contributed by atoms with Crippen molar-refractivity contribution in [2.75, 3.05) is 39.6 Å². The first kappa shape index (κ1) is 83.1. The van der Waals surface area contributed by atoms with Gasteiger partial charge in [0.05, 0.1) is 26.4 Å². The molecule has 0 bridgehead atoms. The minimum Gasteiger partial charge on any atom is -0.462 e. The normalized spacial score (nSPS) is 14.2. The standard InChI is InChI=1S/C66H128O17P2/c1-6-9-12-15-18-21-23-25-27-29-31-34-40-45-50-64(69)77-55-61(82-65(70)51-46-41-35-32-30-28-26-24-22-19-16-13-10-7-2)57-80-84(72,73)78-53-60(67)54-79-85(74,75)81-58-62(56-76-63(68)49-44-39-33-20-17-14-11-8-3)83-66(71)52-47-42-37-36-38-43-48-59(4)5/h59-62,67H,6-58H2,1-5H3,(H,72,73)(H,74,75)/t60-,61-,62-/m1/s1. The van der Waals surface area contributed by atoms with Crippen LogP contribution in [0, 0.1) is 5.92 Å². The van der Waals surface area contributed by atoms with E-state index in [0.29, 0.717) is 31.6 Å². The van der Waals surface area contributed by atoms with Crippen molar-refractivity contribution >= 4 is 39.5 Å². The number of hydrogen-bond donors (Lipinski definition) is 3. The highest BCUT2D eigenvalue weighted by Crippen LogP contribution is 2.45. The van der Waals surface area contributed by atoms with Gasteiger partial charge in [0, 0.05) is 25.7 Å². The number of rotatable bonds is 66. The Kier molecular flexibility index (Phi) is 58.3. The van der Waals surface area contributed by atoms with Crippen LogP contribution >= 0.6 is 15.6 Å². The first-order valence-corrected chi connectivity index (χ1v) is 37.6. The van der Waals surface area contributed by atoms with Crippen molar-refractivity contribution in [1.29, 1.82) is 0 Å². The summed E-state index contributed by atoms with van der Waals surface area (Å²) in [5.74, 6) is -1.46. The number of carbonyl (C=O) groups is 4. The van der Waals surface area contributed by atoms with E-state index in [1.54, 1.807) is 0 Å². The molecular weight excluding hydrogens is 1130 g/mol. The molecule has 0 fully saturated rings. The first-order valence-electron chi connectivity index (χ1n) is 34.6. The molecule has 0 rings (SSSR count). The molecule has 0 heterocycles. The Hall–Kier alpha value is -1.94. The fourth-order valence-corrected chi connectivity index (χ4v) is 11.5. The fourth-order valence-electron chi connectivity index (χ4n) is 9.94. The van der Waals surface area contributed by atoms with Gasteiger partial charge in [0.1, 0.15) is 19.3 Å². The minimum atomic E-state index is -4.95. The maximum atomic E-state index is 13.0. The van der Waals surface area contributed by atoms with Crippen LogP contribution in [0.3, 0.4) is 0 Å². The molecule has 0 radical (unpaired) electrons. The van der Waals surface area contributed by atoms with Crippen LogP contribution in [0.25, 0.3) is 0 Å². The van der Waals surface area contributed by atoms with E-state index in [-0.39, 0.29) is 25.7 Å². The molecule has 0 aromatic carbocycles. The lowest BCUT2D eigenvalue weighted by Crippen LogP contribution is -2.30. The van der Waals surface area contributed by atoms with Gasteiger partial charge >= 0.3 is 39.5 Å². The van der Waals surface area contributed by atoms with Crippen molar-refractivity contribution in [1.82, 2.24) is 0 Å². The van der Waals surface area contributed by atoms with Crippen LogP contribution < -0.4 is 0 Å². The highest BCUT2D eigenvalue weighted by Gasteiger charge is 2.30. The zero-order chi connectivity index (χ0) is 62.8. The predicted octanol–water partition coefficient (Wildman–Crippen LogP) is 18.6. The molecule has 0 aliphatic rings. The van der Waals surface area contributed by atoms with Crippen LogP contribution in [0.4, 0.5) is 0 Å². The summed E-state index contributed by atoms with van der Waals surface area (Å²) < 4.78 is 68.0. The maximum absolute atomic E-state index is 13.0. The molecule has 0 saturated heterocycles. The highest BCUT2D eigenvalue weighted by atomic mass is 31.2. The Morgan fingerprint density at radius 3 is 0.800 bits per heavy atom. The summed E-state index contributed by atoms with van der Waals surface area (Å²) >= 11 is 0. The summed E-state index contributed by atoms with van der Waals surface area (Å²) in [6, 6.07) is 0. The number of ether oxygens (including phenoxy) is 4. The van der Waals surface area contributed by atoms with E-state index in [9.17, 15) is 43.2 Å². The van der Waals surface area contributed by atoms with Gasteiger partial charge in [0.15, 0.2) is 12.2 Å². The second kappa shape index (κ2) is 59.7. The van der Waals surface area contributed by atoms with E-state index >= 15 is 0 Å². The third-order valence-corrected chi connectivity index (χ3v) is 17.2. The van der Waals surface area contributed by atoms with Crippen LogP contribution in [-0.2, 0) is 65.4 Å². The highest BCUT2D eigenvalue weighted by molar-refractivity contribution is 7.47. The van der Waals surface area contributed by atoms with Crippen LogP contribution in [0.1, 0.15) is 336 Å². The molecule has 0 saturated carbocycles. The molecule has 0 amide bonds. The minimum absolute atomic E-state index is 0.102.